The zero-order valence-electron chi connectivity index (χ0n) is 18.3. The number of benzene rings is 1. The van der Waals surface area contributed by atoms with Crippen molar-refractivity contribution >= 4 is 58.8 Å². The number of nitro groups is 1. The predicted molar refractivity (Wildman–Crippen MR) is 122 cm³/mol. The smallest absolute Gasteiger partial charge is 0.305 e. The minimum atomic E-state index is -1.18. The number of pyridine rings is 1. The number of anilines is 1. The molecule has 1 unspecified atom stereocenters. The maximum absolute atomic E-state index is 12.2. The van der Waals surface area contributed by atoms with Gasteiger partial charge >= 0.3 is 5.97 Å². The molecule has 1 radical (unpaired) electrons. The van der Waals surface area contributed by atoms with E-state index >= 15 is 0 Å². The summed E-state index contributed by atoms with van der Waals surface area (Å²) in [4.78, 5) is 49.8. The first-order valence-corrected chi connectivity index (χ1v) is 10.0. The Hall–Kier alpha value is -3.02. The second-order valence-electron chi connectivity index (χ2n) is 6.95. The summed E-state index contributed by atoms with van der Waals surface area (Å²) < 4.78 is 0. The zero-order valence-corrected chi connectivity index (χ0v) is 20.3. The number of hydrogen-bond donors (Lipinski definition) is 4. The van der Waals surface area contributed by atoms with Crippen LogP contribution in [-0.4, -0.2) is 75.4 Å². The molecule has 0 saturated heterocycles. The number of carboxylic acid groups (broad SMARTS) is 1. The number of nitro benzene ring substituents is 1. The van der Waals surface area contributed by atoms with E-state index in [0.29, 0.717) is 18.5 Å². The standard InChI is InChI=1S/C21H25N5O6.Na/c27-19(9-2-4-11-23-18-8-1-3-10-22-18)24-14-20(28)25-17(13-21(29)30)15-6-5-7-16(12-15)26(31)32;/h1,3,5-8,10,12,17H,2,4,9,11,13-14H2,(H,22,23)(H,24,27)(H,25,28)(H,29,30);. The monoisotopic (exact) mass is 466 g/mol. The van der Waals surface area contributed by atoms with E-state index in [-0.39, 0.29) is 54.1 Å². The molecule has 1 heterocycles. The minimum absolute atomic E-state index is 0. The van der Waals surface area contributed by atoms with Gasteiger partial charge in [-0.25, -0.2) is 4.98 Å². The van der Waals surface area contributed by atoms with Crippen LogP contribution in [0.15, 0.2) is 48.7 Å². The van der Waals surface area contributed by atoms with Crippen molar-refractivity contribution < 1.29 is 24.4 Å². The van der Waals surface area contributed by atoms with Crippen molar-refractivity contribution in [3.63, 3.8) is 0 Å². The summed E-state index contributed by atoms with van der Waals surface area (Å²) in [7, 11) is 0. The molecule has 171 valence electrons. The van der Waals surface area contributed by atoms with Gasteiger partial charge in [0.05, 0.1) is 23.9 Å². The molecule has 0 saturated carbocycles. The Morgan fingerprint density at radius 2 is 1.88 bits per heavy atom. The summed E-state index contributed by atoms with van der Waals surface area (Å²) in [6, 6.07) is 9.97. The SMILES string of the molecule is O=C(O)CC(NC(=O)CNC(=O)CCCCNc1ccccn1)c1cccc([N+](=O)[O-])c1.[Na]. The number of hydrogen-bond acceptors (Lipinski definition) is 7. The van der Waals surface area contributed by atoms with E-state index in [1.165, 1.54) is 24.3 Å². The maximum Gasteiger partial charge on any atom is 0.305 e. The van der Waals surface area contributed by atoms with Gasteiger partial charge in [-0.1, -0.05) is 18.2 Å². The van der Waals surface area contributed by atoms with Crippen molar-refractivity contribution in [2.75, 3.05) is 18.4 Å². The quantitative estimate of drug-likeness (QED) is 0.150. The molecule has 0 spiro atoms. The van der Waals surface area contributed by atoms with Crippen molar-refractivity contribution in [2.24, 2.45) is 0 Å². The number of amides is 2. The first-order valence-electron chi connectivity index (χ1n) is 10.0. The number of rotatable bonds is 13. The fourth-order valence-electron chi connectivity index (χ4n) is 2.89. The molecule has 2 rings (SSSR count). The van der Waals surface area contributed by atoms with E-state index < -0.39 is 29.3 Å². The number of unbranched alkanes of at least 4 members (excludes halogenated alkanes) is 1. The van der Waals surface area contributed by atoms with E-state index in [4.69, 9.17) is 5.11 Å². The Labute approximate surface area is 212 Å². The molecule has 2 amide bonds. The van der Waals surface area contributed by atoms with Crippen LogP contribution >= 0.6 is 0 Å². The molecule has 0 aliphatic carbocycles. The van der Waals surface area contributed by atoms with Crippen LogP contribution in [0.3, 0.4) is 0 Å². The van der Waals surface area contributed by atoms with Crippen molar-refractivity contribution in [3.8, 4) is 0 Å². The van der Waals surface area contributed by atoms with Gasteiger partial charge in [0.2, 0.25) is 11.8 Å². The van der Waals surface area contributed by atoms with E-state index in [0.717, 1.165) is 12.2 Å². The van der Waals surface area contributed by atoms with Crippen molar-refractivity contribution in [1.82, 2.24) is 15.6 Å². The third-order valence-corrected chi connectivity index (χ3v) is 4.45. The van der Waals surface area contributed by atoms with Gasteiger partial charge in [0.1, 0.15) is 5.82 Å². The summed E-state index contributed by atoms with van der Waals surface area (Å²) >= 11 is 0. The van der Waals surface area contributed by atoms with Crippen LogP contribution < -0.4 is 16.0 Å². The zero-order chi connectivity index (χ0) is 23.3. The molecule has 0 bridgehead atoms. The van der Waals surface area contributed by atoms with Gasteiger partial charge in [-0.05, 0) is 30.5 Å². The van der Waals surface area contributed by atoms with Crippen LogP contribution in [0.4, 0.5) is 11.5 Å². The van der Waals surface area contributed by atoms with E-state index in [1.54, 1.807) is 6.20 Å². The molecule has 33 heavy (non-hydrogen) atoms. The van der Waals surface area contributed by atoms with Gasteiger partial charge in [-0.2, -0.15) is 0 Å². The average Bonchev–Trinajstić information content (AvgIpc) is 2.77. The Morgan fingerprint density at radius 1 is 1.09 bits per heavy atom. The number of non-ortho nitro benzene ring substituents is 1. The number of carboxylic acids is 1. The van der Waals surface area contributed by atoms with Gasteiger partial charge < -0.3 is 21.1 Å². The number of aromatic nitrogens is 1. The van der Waals surface area contributed by atoms with E-state index in [9.17, 15) is 24.5 Å². The number of carbonyl (C=O) groups excluding carboxylic acids is 2. The molecular weight excluding hydrogens is 441 g/mol. The van der Waals surface area contributed by atoms with Gasteiger partial charge in [0.25, 0.3) is 5.69 Å². The van der Waals surface area contributed by atoms with Crippen LogP contribution in [0.2, 0.25) is 0 Å². The Kier molecular flexibility index (Phi) is 12.7. The molecule has 1 atom stereocenters. The maximum atomic E-state index is 12.2. The Bertz CT molecular complexity index is 944. The van der Waals surface area contributed by atoms with Crippen molar-refractivity contribution in [1.29, 1.82) is 0 Å². The van der Waals surface area contributed by atoms with Crippen LogP contribution in [0.5, 0.6) is 0 Å². The summed E-state index contributed by atoms with van der Waals surface area (Å²) in [6.07, 6.45) is 2.82. The first kappa shape index (κ1) is 28.0. The second-order valence-corrected chi connectivity index (χ2v) is 6.95. The third-order valence-electron chi connectivity index (χ3n) is 4.45. The number of aliphatic carboxylic acids is 1. The van der Waals surface area contributed by atoms with Crippen LogP contribution in [0.25, 0.3) is 0 Å². The van der Waals surface area contributed by atoms with Gasteiger partial charge in [-0.3, -0.25) is 24.5 Å². The van der Waals surface area contributed by atoms with Gasteiger partial charge in [0, 0.05) is 60.9 Å². The predicted octanol–water partition coefficient (Wildman–Crippen LogP) is 1.64. The van der Waals surface area contributed by atoms with E-state index in [1.807, 2.05) is 18.2 Å². The van der Waals surface area contributed by atoms with Crippen LogP contribution in [-0.2, 0) is 14.4 Å². The van der Waals surface area contributed by atoms with E-state index in [2.05, 4.69) is 20.9 Å². The molecule has 11 nitrogen and oxygen atoms in total. The van der Waals surface area contributed by atoms with Gasteiger partial charge in [0.15, 0.2) is 0 Å². The number of carbonyl (C=O) groups is 3. The average molecular weight is 466 g/mol. The molecule has 2 aromatic rings. The summed E-state index contributed by atoms with van der Waals surface area (Å²) in [6.45, 7) is 0.334. The molecule has 0 aliphatic rings. The molecule has 0 aliphatic heterocycles. The summed E-state index contributed by atoms with van der Waals surface area (Å²) in [5.74, 6) is -1.31. The summed E-state index contributed by atoms with van der Waals surface area (Å²) in [5, 5.41) is 28.2. The first-order chi connectivity index (χ1) is 15.3. The third kappa shape index (κ3) is 10.9. The molecule has 4 N–H and O–H groups in total. The second kappa shape index (κ2) is 14.9. The fraction of sp³-hybridized carbons (Fsp3) is 0.333. The molecule has 12 heteroatoms. The summed E-state index contributed by atoms with van der Waals surface area (Å²) in [5.41, 5.74) is 0.0830. The molecule has 1 aromatic carbocycles. The normalized spacial score (nSPS) is 10.9. The topological polar surface area (TPSA) is 164 Å². The number of nitrogens with zero attached hydrogens (tertiary/aromatic N) is 2. The fourth-order valence-corrected chi connectivity index (χ4v) is 2.89. The Morgan fingerprint density at radius 3 is 2.55 bits per heavy atom. The minimum Gasteiger partial charge on any atom is -0.481 e. The van der Waals surface area contributed by atoms with Crippen LogP contribution in [0, 0.1) is 10.1 Å². The Balaban J connectivity index is 0.00000544. The van der Waals surface area contributed by atoms with Crippen LogP contribution in [0.1, 0.15) is 37.3 Å². The van der Waals surface area contributed by atoms with Gasteiger partial charge in [-0.15, -0.1) is 0 Å². The van der Waals surface area contributed by atoms with Crippen molar-refractivity contribution in [3.05, 3.63) is 64.3 Å². The molecular formula is C21H25N5NaO6. The largest absolute Gasteiger partial charge is 0.481 e. The van der Waals surface area contributed by atoms with Crippen molar-refractivity contribution in [2.45, 2.75) is 31.7 Å². The number of nitrogens with one attached hydrogen (secondary N) is 3. The molecule has 1 aromatic heterocycles. The molecule has 0 fully saturated rings.